The van der Waals surface area contributed by atoms with Crippen LogP contribution in [0, 0.1) is 5.82 Å². The molecule has 4 heteroatoms. The van der Waals surface area contributed by atoms with Crippen molar-refractivity contribution in [1.29, 1.82) is 0 Å². The van der Waals surface area contributed by atoms with Gasteiger partial charge < -0.3 is 15.0 Å². The number of rotatable bonds is 8. The van der Waals surface area contributed by atoms with E-state index in [1.165, 1.54) is 0 Å². The predicted molar refractivity (Wildman–Crippen MR) is 72.0 cm³/mol. The number of nitrogens with zero attached hydrogens (tertiary/aromatic N) is 1. The Morgan fingerprint density at radius 3 is 2.83 bits per heavy atom. The van der Waals surface area contributed by atoms with E-state index in [1.807, 2.05) is 26.2 Å². The summed E-state index contributed by atoms with van der Waals surface area (Å²) in [4.78, 5) is 2.11. The zero-order valence-corrected chi connectivity index (χ0v) is 11.5. The fourth-order valence-electron chi connectivity index (χ4n) is 1.91. The standard InChI is InChI=1S/C14H23FN2O/c1-16-10-12-5-6-14(15)13(9-12)11-17(2)7-4-8-18-3/h5-6,9,16H,4,7-8,10-11H2,1-3H3. The molecular formula is C14H23FN2O. The van der Waals surface area contributed by atoms with Crippen LogP contribution in [0.2, 0.25) is 0 Å². The van der Waals surface area contributed by atoms with E-state index in [0.29, 0.717) is 6.54 Å². The highest BCUT2D eigenvalue weighted by atomic mass is 19.1. The molecule has 0 bridgehead atoms. The molecule has 0 unspecified atom stereocenters. The first-order valence-electron chi connectivity index (χ1n) is 6.26. The second-order valence-electron chi connectivity index (χ2n) is 4.54. The van der Waals surface area contributed by atoms with Crippen molar-refractivity contribution in [3.8, 4) is 0 Å². The van der Waals surface area contributed by atoms with Crippen molar-refractivity contribution in [2.75, 3.05) is 34.4 Å². The molecule has 0 fully saturated rings. The Kier molecular flexibility index (Phi) is 6.86. The van der Waals surface area contributed by atoms with E-state index >= 15 is 0 Å². The SMILES string of the molecule is CNCc1ccc(F)c(CN(C)CCCOC)c1. The number of ether oxygens (including phenoxy) is 1. The molecule has 18 heavy (non-hydrogen) atoms. The highest BCUT2D eigenvalue weighted by molar-refractivity contribution is 5.25. The minimum absolute atomic E-state index is 0.131. The van der Waals surface area contributed by atoms with Gasteiger partial charge in [0.05, 0.1) is 0 Å². The van der Waals surface area contributed by atoms with Gasteiger partial charge in [-0.25, -0.2) is 4.39 Å². The highest BCUT2D eigenvalue weighted by Gasteiger charge is 2.06. The summed E-state index contributed by atoms with van der Waals surface area (Å²) in [5.41, 5.74) is 1.86. The van der Waals surface area contributed by atoms with Crippen LogP contribution < -0.4 is 5.32 Å². The fraction of sp³-hybridized carbons (Fsp3) is 0.571. The Bertz CT molecular complexity index is 358. The molecule has 0 aliphatic heterocycles. The smallest absolute Gasteiger partial charge is 0.127 e. The third-order valence-corrected chi connectivity index (χ3v) is 2.82. The van der Waals surface area contributed by atoms with Crippen molar-refractivity contribution < 1.29 is 9.13 Å². The summed E-state index contributed by atoms with van der Waals surface area (Å²) in [5.74, 6) is -0.131. The number of hydrogen-bond donors (Lipinski definition) is 1. The molecule has 0 radical (unpaired) electrons. The van der Waals surface area contributed by atoms with Crippen molar-refractivity contribution in [3.05, 3.63) is 35.1 Å². The maximum atomic E-state index is 13.7. The molecule has 0 saturated carbocycles. The van der Waals surface area contributed by atoms with E-state index in [2.05, 4.69) is 10.2 Å². The third-order valence-electron chi connectivity index (χ3n) is 2.82. The van der Waals surface area contributed by atoms with E-state index in [4.69, 9.17) is 4.74 Å². The van der Waals surface area contributed by atoms with Gasteiger partial charge in [-0.1, -0.05) is 12.1 Å². The topological polar surface area (TPSA) is 24.5 Å². The molecular weight excluding hydrogens is 231 g/mol. The van der Waals surface area contributed by atoms with Crippen LogP contribution in [0.4, 0.5) is 4.39 Å². The van der Waals surface area contributed by atoms with Crippen LogP contribution in [-0.4, -0.2) is 39.3 Å². The molecule has 0 aliphatic rings. The van der Waals surface area contributed by atoms with Crippen LogP contribution in [-0.2, 0) is 17.8 Å². The van der Waals surface area contributed by atoms with Crippen LogP contribution >= 0.6 is 0 Å². The van der Waals surface area contributed by atoms with Crippen molar-refractivity contribution in [3.63, 3.8) is 0 Å². The van der Waals surface area contributed by atoms with Gasteiger partial charge in [0.2, 0.25) is 0 Å². The molecule has 1 N–H and O–H groups in total. The Labute approximate surface area is 109 Å². The molecule has 0 heterocycles. The summed E-state index contributed by atoms with van der Waals surface area (Å²) < 4.78 is 18.7. The number of hydrogen-bond acceptors (Lipinski definition) is 3. The average Bonchev–Trinajstić information content (AvgIpc) is 2.34. The van der Waals surface area contributed by atoms with Crippen molar-refractivity contribution in [2.45, 2.75) is 19.5 Å². The molecule has 0 spiro atoms. The molecule has 0 saturated heterocycles. The average molecular weight is 254 g/mol. The number of halogens is 1. The van der Waals surface area contributed by atoms with Crippen molar-refractivity contribution in [2.24, 2.45) is 0 Å². The van der Waals surface area contributed by atoms with Gasteiger partial charge in [-0.05, 0) is 32.1 Å². The Balaban J connectivity index is 2.56. The first-order valence-corrected chi connectivity index (χ1v) is 6.26. The van der Waals surface area contributed by atoms with Gasteiger partial charge in [0, 0.05) is 38.9 Å². The molecule has 1 rings (SSSR count). The van der Waals surface area contributed by atoms with Crippen LogP contribution in [0.1, 0.15) is 17.5 Å². The van der Waals surface area contributed by atoms with E-state index in [-0.39, 0.29) is 5.82 Å². The van der Waals surface area contributed by atoms with Gasteiger partial charge in [-0.15, -0.1) is 0 Å². The quantitative estimate of drug-likeness (QED) is 0.718. The van der Waals surface area contributed by atoms with Crippen LogP contribution in [0.3, 0.4) is 0 Å². The first-order chi connectivity index (χ1) is 8.67. The lowest BCUT2D eigenvalue weighted by atomic mass is 10.1. The third kappa shape index (κ3) is 5.12. The van der Waals surface area contributed by atoms with E-state index in [0.717, 1.165) is 37.2 Å². The zero-order valence-electron chi connectivity index (χ0n) is 11.5. The van der Waals surface area contributed by atoms with Gasteiger partial charge in [-0.2, -0.15) is 0 Å². The number of nitrogens with one attached hydrogen (secondary N) is 1. The summed E-state index contributed by atoms with van der Waals surface area (Å²) >= 11 is 0. The van der Waals surface area contributed by atoms with Gasteiger partial charge in [0.15, 0.2) is 0 Å². The predicted octanol–water partition coefficient (Wildman–Crippen LogP) is 2.01. The van der Waals surface area contributed by atoms with Crippen LogP contribution in [0.15, 0.2) is 18.2 Å². The normalized spacial score (nSPS) is 11.2. The number of methoxy groups -OCH3 is 1. The van der Waals surface area contributed by atoms with Crippen LogP contribution in [0.5, 0.6) is 0 Å². The summed E-state index contributed by atoms with van der Waals surface area (Å²) in [7, 11) is 5.58. The molecule has 1 aromatic carbocycles. The second kappa shape index (κ2) is 8.19. The molecule has 102 valence electrons. The maximum absolute atomic E-state index is 13.7. The lowest BCUT2D eigenvalue weighted by Crippen LogP contribution is -2.21. The molecule has 3 nitrogen and oxygen atoms in total. The van der Waals surface area contributed by atoms with E-state index in [9.17, 15) is 4.39 Å². The largest absolute Gasteiger partial charge is 0.385 e. The van der Waals surface area contributed by atoms with E-state index < -0.39 is 0 Å². The Morgan fingerprint density at radius 1 is 1.39 bits per heavy atom. The fourth-order valence-corrected chi connectivity index (χ4v) is 1.91. The minimum Gasteiger partial charge on any atom is -0.385 e. The molecule has 1 aromatic rings. The molecule has 0 aliphatic carbocycles. The van der Waals surface area contributed by atoms with Crippen LogP contribution in [0.25, 0.3) is 0 Å². The summed E-state index contributed by atoms with van der Waals surface area (Å²) in [6.07, 6.45) is 0.963. The first kappa shape index (κ1) is 15.1. The highest BCUT2D eigenvalue weighted by Crippen LogP contribution is 2.12. The van der Waals surface area contributed by atoms with Gasteiger partial charge in [-0.3, -0.25) is 0 Å². The number of benzene rings is 1. The molecule has 0 amide bonds. The van der Waals surface area contributed by atoms with Crippen molar-refractivity contribution in [1.82, 2.24) is 10.2 Å². The molecule has 0 atom stereocenters. The second-order valence-corrected chi connectivity index (χ2v) is 4.54. The zero-order chi connectivity index (χ0) is 13.4. The minimum atomic E-state index is -0.131. The molecule has 0 aromatic heterocycles. The summed E-state index contributed by atoms with van der Waals surface area (Å²) in [6, 6.07) is 5.30. The van der Waals surface area contributed by atoms with E-state index in [1.54, 1.807) is 13.2 Å². The summed E-state index contributed by atoms with van der Waals surface area (Å²) in [6.45, 7) is 3.05. The lowest BCUT2D eigenvalue weighted by molar-refractivity contribution is 0.178. The van der Waals surface area contributed by atoms with Gasteiger partial charge >= 0.3 is 0 Å². The Morgan fingerprint density at radius 2 is 2.17 bits per heavy atom. The van der Waals surface area contributed by atoms with Crippen molar-refractivity contribution >= 4 is 0 Å². The monoisotopic (exact) mass is 254 g/mol. The van der Waals surface area contributed by atoms with Gasteiger partial charge in [0.1, 0.15) is 5.82 Å². The maximum Gasteiger partial charge on any atom is 0.127 e. The Hall–Kier alpha value is -0.970. The van der Waals surface area contributed by atoms with Gasteiger partial charge in [0.25, 0.3) is 0 Å². The summed E-state index contributed by atoms with van der Waals surface area (Å²) in [5, 5.41) is 3.07. The lowest BCUT2D eigenvalue weighted by Gasteiger charge is -2.17.